The van der Waals surface area contributed by atoms with Crippen LogP contribution in [0.15, 0.2) is 0 Å². The smallest absolute Gasteiger partial charge is 0.322 e. The number of nitrogens with zero attached hydrogens (tertiary/aromatic N) is 2. The Morgan fingerprint density at radius 2 is 2.05 bits per heavy atom. The van der Waals surface area contributed by atoms with Crippen LogP contribution in [-0.2, 0) is 9.53 Å². The molecule has 1 saturated heterocycles. The minimum Gasteiger partial charge on any atom is -0.468 e. The van der Waals surface area contributed by atoms with Crippen LogP contribution < -0.4 is 5.32 Å². The van der Waals surface area contributed by atoms with Gasteiger partial charge in [-0.1, -0.05) is 0 Å². The fourth-order valence-electron chi connectivity index (χ4n) is 2.74. The number of piperidine rings is 1. The molecule has 0 radical (unpaired) electrons. The summed E-state index contributed by atoms with van der Waals surface area (Å²) in [5.41, 5.74) is 0. The standard InChI is InChI=1S/C14H29N3O2/c1-15-13(14(18)19-4)7-10-17-8-5-12(6-9-17)11-16(2)3/h12-13,15H,5-11H2,1-4H3. The highest BCUT2D eigenvalue weighted by atomic mass is 16.5. The summed E-state index contributed by atoms with van der Waals surface area (Å²) in [6, 6.07) is -0.176. The van der Waals surface area contributed by atoms with Gasteiger partial charge in [0.1, 0.15) is 6.04 Å². The van der Waals surface area contributed by atoms with Gasteiger partial charge in [-0.05, 0) is 59.4 Å². The lowest BCUT2D eigenvalue weighted by molar-refractivity contribution is -0.143. The van der Waals surface area contributed by atoms with Crippen LogP contribution >= 0.6 is 0 Å². The number of likely N-dealkylation sites (tertiary alicyclic amines) is 1. The molecule has 1 rings (SSSR count). The zero-order chi connectivity index (χ0) is 14.3. The summed E-state index contributed by atoms with van der Waals surface area (Å²) < 4.78 is 4.78. The van der Waals surface area contributed by atoms with Crippen LogP contribution in [0, 0.1) is 5.92 Å². The fraction of sp³-hybridized carbons (Fsp3) is 0.929. The van der Waals surface area contributed by atoms with Crippen LogP contribution in [0.3, 0.4) is 0 Å². The Hall–Kier alpha value is -0.650. The predicted octanol–water partition coefficient (Wildman–Crippen LogP) is 0.411. The molecule has 5 heteroatoms. The first kappa shape index (κ1) is 16.4. The Morgan fingerprint density at radius 3 is 2.53 bits per heavy atom. The third kappa shape index (κ3) is 5.89. The molecule has 1 atom stereocenters. The number of carbonyl (C=O) groups excluding carboxylic acids is 1. The van der Waals surface area contributed by atoms with Gasteiger partial charge in [-0.25, -0.2) is 0 Å². The van der Waals surface area contributed by atoms with Crippen LogP contribution in [-0.4, -0.2) is 76.2 Å². The largest absolute Gasteiger partial charge is 0.468 e. The topological polar surface area (TPSA) is 44.8 Å². The van der Waals surface area contributed by atoms with Crippen LogP contribution in [0.1, 0.15) is 19.3 Å². The summed E-state index contributed by atoms with van der Waals surface area (Å²) in [5, 5.41) is 3.02. The molecule has 1 unspecified atom stereocenters. The van der Waals surface area contributed by atoms with Gasteiger partial charge in [0, 0.05) is 13.1 Å². The maximum atomic E-state index is 11.5. The molecule has 19 heavy (non-hydrogen) atoms. The molecule has 1 fully saturated rings. The van der Waals surface area contributed by atoms with Gasteiger partial charge in [0.15, 0.2) is 0 Å². The normalized spacial score (nSPS) is 19.6. The van der Waals surface area contributed by atoms with Crippen molar-refractivity contribution in [2.45, 2.75) is 25.3 Å². The molecule has 0 aromatic rings. The Kier molecular flexibility index (Phi) is 7.34. The summed E-state index contributed by atoms with van der Waals surface area (Å²) in [4.78, 5) is 16.2. The van der Waals surface area contributed by atoms with E-state index in [0.29, 0.717) is 0 Å². The summed E-state index contributed by atoms with van der Waals surface area (Å²) in [7, 11) is 7.53. The Bertz CT molecular complexity index is 263. The molecule has 0 saturated carbocycles. The van der Waals surface area contributed by atoms with Crippen molar-refractivity contribution in [2.24, 2.45) is 5.92 Å². The summed E-state index contributed by atoms with van der Waals surface area (Å²) in [6.45, 7) is 4.46. The maximum absolute atomic E-state index is 11.5. The highest BCUT2D eigenvalue weighted by Crippen LogP contribution is 2.18. The second-order valence-corrected chi connectivity index (χ2v) is 5.70. The lowest BCUT2D eigenvalue weighted by Crippen LogP contribution is -2.42. The van der Waals surface area contributed by atoms with E-state index in [1.807, 2.05) is 7.05 Å². The van der Waals surface area contributed by atoms with E-state index in [-0.39, 0.29) is 12.0 Å². The number of hydrogen-bond acceptors (Lipinski definition) is 5. The Balaban J connectivity index is 2.23. The lowest BCUT2D eigenvalue weighted by atomic mass is 9.96. The molecule has 1 aliphatic rings. The van der Waals surface area contributed by atoms with E-state index in [4.69, 9.17) is 4.74 Å². The zero-order valence-electron chi connectivity index (χ0n) is 12.8. The average Bonchev–Trinajstić information content (AvgIpc) is 2.40. The summed E-state index contributed by atoms with van der Waals surface area (Å²) in [5.74, 6) is 0.664. The number of carbonyl (C=O) groups is 1. The summed E-state index contributed by atoms with van der Waals surface area (Å²) >= 11 is 0. The van der Waals surface area contributed by atoms with Gasteiger partial charge >= 0.3 is 5.97 Å². The maximum Gasteiger partial charge on any atom is 0.322 e. The van der Waals surface area contributed by atoms with Crippen LogP contribution in [0.4, 0.5) is 0 Å². The van der Waals surface area contributed by atoms with Crippen molar-refractivity contribution in [1.29, 1.82) is 0 Å². The van der Waals surface area contributed by atoms with E-state index in [1.165, 1.54) is 26.5 Å². The highest BCUT2D eigenvalue weighted by molar-refractivity contribution is 5.75. The van der Waals surface area contributed by atoms with Crippen molar-refractivity contribution in [2.75, 3.05) is 54.4 Å². The third-order valence-corrected chi connectivity index (χ3v) is 3.90. The van der Waals surface area contributed by atoms with Crippen molar-refractivity contribution in [3.63, 3.8) is 0 Å². The van der Waals surface area contributed by atoms with Gasteiger partial charge in [0.25, 0.3) is 0 Å². The molecule has 1 aliphatic heterocycles. The van der Waals surface area contributed by atoms with E-state index in [0.717, 1.165) is 32.0 Å². The van der Waals surface area contributed by atoms with E-state index in [2.05, 4.69) is 29.2 Å². The number of methoxy groups -OCH3 is 1. The number of likely N-dealkylation sites (N-methyl/N-ethyl adjacent to an activating group) is 1. The predicted molar refractivity (Wildman–Crippen MR) is 77.2 cm³/mol. The van der Waals surface area contributed by atoms with Crippen LogP contribution in [0.25, 0.3) is 0 Å². The molecule has 0 spiro atoms. The van der Waals surface area contributed by atoms with Crippen LogP contribution in [0.2, 0.25) is 0 Å². The fourth-order valence-corrected chi connectivity index (χ4v) is 2.74. The van der Waals surface area contributed by atoms with Gasteiger partial charge in [-0.2, -0.15) is 0 Å². The van der Waals surface area contributed by atoms with Gasteiger partial charge in [0.05, 0.1) is 7.11 Å². The molecule has 1 N–H and O–H groups in total. The van der Waals surface area contributed by atoms with Gasteiger partial charge in [-0.15, -0.1) is 0 Å². The Morgan fingerprint density at radius 1 is 1.42 bits per heavy atom. The molecular formula is C14H29N3O2. The number of ether oxygens (including phenoxy) is 1. The van der Waals surface area contributed by atoms with Crippen molar-refractivity contribution in [3.05, 3.63) is 0 Å². The van der Waals surface area contributed by atoms with Crippen LogP contribution in [0.5, 0.6) is 0 Å². The molecule has 0 aliphatic carbocycles. The highest BCUT2D eigenvalue weighted by Gasteiger charge is 2.22. The van der Waals surface area contributed by atoms with Crippen molar-refractivity contribution < 1.29 is 9.53 Å². The molecule has 0 aromatic heterocycles. The molecule has 0 bridgehead atoms. The first-order valence-corrected chi connectivity index (χ1v) is 7.19. The minimum absolute atomic E-state index is 0.162. The van der Waals surface area contributed by atoms with Gasteiger partial charge in [0.2, 0.25) is 0 Å². The quantitative estimate of drug-likeness (QED) is 0.680. The minimum atomic E-state index is -0.176. The van der Waals surface area contributed by atoms with E-state index in [9.17, 15) is 4.79 Å². The third-order valence-electron chi connectivity index (χ3n) is 3.90. The van der Waals surface area contributed by atoms with E-state index < -0.39 is 0 Å². The van der Waals surface area contributed by atoms with E-state index >= 15 is 0 Å². The molecular weight excluding hydrogens is 242 g/mol. The SMILES string of the molecule is CNC(CCN1CCC(CN(C)C)CC1)C(=O)OC. The number of nitrogens with one attached hydrogen (secondary N) is 1. The number of rotatable bonds is 7. The summed E-state index contributed by atoms with van der Waals surface area (Å²) in [6.07, 6.45) is 3.35. The molecule has 5 nitrogen and oxygen atoms in total. The van der Waals surface area contributed by atoms with E-state index in [1.54, 1.807) is 0 Å². The second kappa shape index (κ2) is 8.51. The molecule has 0 aromatic carbocycles. The number of esters is 1. The molecule has 0 amide bonds. The first-order valence-electron chi connectivity index (χ1n) is 7.19. The zero-order valence-corrected chi connectivity index (χ0v) is 12.8. The number of hydrogen-bond donors (Lipinski definition) is 1. The second-order valence-electron chi connectivity index (χ2n) is 5.70. The van der Waals surface area contributed by atoms with Crippen molar-refractivity contribution in [1.82, 2.24) is 15.1 Å². The van der Waals surface area contributed by atoms with Gasteiger partial charge in [-0.3, -0.25) is 4.79 Å². The molecule has 1 heterocycles. The monoisotopic (exact) mass is 271 g/mol. The molecule has 112 valence electrons. The van der Waals surface area contributed by atoms with Crippen molar-refractivity contribution >= 4 is 5.97 Å². The average molecular weight is 271 g/mol. The van der Waals surface area contributed by atoms with Crippen molar-refractivity contribution in [3.8, 4) is 0 Å². The first-order chi connectivity index (χ1) is 9.06. The lowest BCUT2D eigenvalue weighted by Gasteiger charge is -2.33. The van der Waals surface area contributed by atoms with Gasteiger partial charge < -0.3 is 19.9 Å². The Labute approximate surface area is 117 Å².